The lowest BCUT2D eigenvalue weighted by atomic mass is 10.1. The van der Waals surface area contributed by atoms with E-state index in [4.69, 9.17) is 5.11 Å². The summed E-state index contributed by atoms with van der Waals surface area (Å²) < 4.78 is 0. The van der Waals surface area contributed by atoms with Gasteiger partial charge in [-0.2, -0.15) is 0 Å². The molecule has 0 aliphatic carbocycles. The molecule has 1 fully saturated rings. The number of aryl methyl sites for hydroxylation is 1. The van der Waals surface area contributed by atoms with Crippen LogP contribution in [0.3, 0.4) is 0 Å². The molecule has 0 atom stereocenters. The number of nitrogens with zero attached hydrogens (tertiary/aromatic N) is 3. The minimum Gasteiger partial charge on any atom is -0.395 e. The number of nitro benzene ring substituents is 1. The van der Waals surface area contributed by atoms with E-state index >= 15 is 0 Å². The number of anilines is 1. The van der Waals surface area contributed by atoms with Gasteiger partial charge >= 0.3 is 0 Å². The Morgan fingerprint density at radius 3 is 2.80 bits per heavy atom. The first-order chi connectivity index (χ1) is 9.61. The average molecular weight is 279 g/mol. The summed E-state index contributed by atoms with van der Waals surface area (Å²) >= 11 is 0. The van der Waals surface area contributed by atoms with Gasteiger partial charge in [-0.15, -0.1) is 0 Å². The highest BCUT2D eigenvalue weighted by atomic mass is 16.6. The van der Waals surface area contributed by atoms with Crippen molar-refractivity contribution in [3.63, 3.8) is 0 Å². The van der Waals surface area contributed by atoms with E-state index in [9.17, 15) is 10.1 Å². The van der Waals surface area contributed by atoms with Gasteiger partial charge in [-0.1, -0.05) is 6.07 Å². The predicted molar refractivity (Wildman–Crippen MR) is 78.2 cm³/mol. The normalized spacial score (nSPS) is 17.0. The Balaban J connectivity index is 2.17. The molecule has 20 heavy (non-hydrogen) atoms. The standard InChI is InChI=1S/C14H21N3O3/c1-12-3-4-13(14(11-12)17(19)20)16-6-2-5-15(7-8-16)9-10-18/h3-4,11,18H,2,5-10H2,1H3. The predicted octanol–water partition coefficient (Wildman–Crippen LogP) is 1.41. The van der Waals surface area contributed by atoms with E-state index in [0.29, 0.717) is 12.2 Å². The number of hydrogen-bond donors (Lipinski definition) is 1. The third kappa shape index (κ3) is 3.46. The zero-order valence-electron chi connectivity index (χ0n) is 11.8. The second-order valence-electron chi connectivity index (χ2n) is 5.16. The Bertz CT molecular complexity index is 479. The van der Waals surface area contributed by atoms with Crippen molar-refractivity contribution in [1.29, 1.82) is 0 Å². The molecule has 6 nitrogen and oxygen atoms in total. The number of hydrogen-bond acceptors (Lipinski definition) is 5. The molecule has 1 aliphatic rings. The monoisotopic (exact) mass is 279 g/mol. The Morgan fingerprint density at radius 2 is 2.10 bits per heavy atom. The van der Waals surface area contributed by atoms with Crippen LogP contribution in [-0.4, -0.2) is 54.3 Å². The molecule has 6 heteroatoms. The van der Waals surface area contributed by atoms with Gasteiger partial charge in [0.15, 0.2) is 0 Å². The molecule has 1 aromatic rings. The van der Waals surface area contributed by atoms with Crippen molar-refractivity contribution in [3.05, 3.63) is 33.9 Å². The fourth-order valence-electron chi connectivity index (χ4n) is 2.62. The maximum Gasteiger partial charge on any atom is 0.292 e. The largest absolute Gasteiger partial charge is 0.395 e. The highest BCUT2D eigenvalue weighted by molar-refractivity contribution is 5.64. The minimum atomic E-state index is -0.307. The summed E-state index contributed by atoms with van der Waals surface area (Å²) in [6.07, 6.45) is 0.949. The third-order valence-corrected chi connectivity index (χ3v) is 3.67. The summed E-state index contributed by atoms with van der Waals surface area (Å²) in [6, 6.07) is 5.39. The SMILES string of the molecule is Cc1ccc(N2CCCN(CCO)CC2)c([N+](=O)[O-])c1. The van der Waals surface area contributed by atoms with E-state index in [1.54, 1.807) is 6.07 Å². The van der Waals surface area contributed by atoms with Gasteiger partial charge in [0.2, 0.25) is 0 Å². The van der Waals surface area contributed by atoms with Gasteiger partial charge in [-0.3, -0.25) is 15.0 Å². The summed E-state index contributed by atoms with van der Waals surface area (Å²) in [5, 5.41) is 20.2. The zero-order valence-corrected chi connectivity index (χ0v) is 11.8. The second kappa shape index (κ2) is 6.67. The molecule has 0 bridgehead atoms. The number of benzene rings is 1. The lowest BCUT2D eigenvalue weighted by molar-refractivity contribution is -0.384. The Morgan fingerprint density at radius 1 is 1.30 bits per heavy atom. The molecule has 1 N–H and O–H groups in total. The fraction of sp³-hybridized carbons (Fsp3) is 0.571. The quantitative estimate of drug-likeness (QED) is 0.666. The van der Waals surface area contributed by atoms with Crippen LogP contribution in [0.4, 0.5) is 11.4 Å². The van der Waals surface area contributed by atoms with Gasteiger partial charge in [-0.05, 0) is 31.5 Å². The summed E-state index contributed by atoms with van der Waals surface area (Å²) in [5.74, 6) is 0. The molecule has 0 amide bonds. The van der Waals surface area contributed by atoms with Crippen molar-refractivity contribution >= 4 is 11.4 Å². The van der Waals surface area contributed by atoms with Crippen LogP contribution >= 0.6 is 0 Å². The van der Waals surface area contributed by atoms with Crippen molar-refractivity contribution in [2.75, 3.05) is 44.2 Å². The van der Waals surface area contributed by atoms with Crippen molar-refractivity contribution in [1.82, 2.24) is 4.90 Å². The Labute approximate surface area is 118 Å². The van der Waals surface area contributed by atoms with Gasteiger partial charge in [0.25, 0.3) is 5.69 Å². The van der Waals surface area contributed by atoms with Gasteiger partial charge in [0.1, 0.15) is 5.69 Å². The van der Waals surface area contributed by atoms with Crippen LogP contribution in [0.2, 0.25) is 0 Å². The number of nitro groups is 1. The molecule has 0 unspecified atom stereocenters. The molecule has 0 spiro atoms. The van der Waals surface area contributed by atoms with Crippen LogP contribution in [0.1, 0.15) is 12.0 Å². The number of β-amino-alcohol motifs (C(OH)–C–C–N with tert-alkyl or cyclic N) is 1. The first kappa shape index (κ1) is 14.7. The molecule has 1 aliphatic heterocycles. The number of aliphatic hydroxyl groups is 1. The van der Waals surface area contributed by atoms with Gasteiger partial charge < -0.3 is 10.0 Å². The highest BCUT2D eigenvalue weighted by Gasteiger charge is 2.22. The van der Waals surface area contributed by atoms with Gasteiger partial charge in [0.05, 0.1) is 11.5 Å². The van der Waals surface area contributed by atoms with Crippen molar-refractivity contribution in [2.45, 2.75) is 13.3 Å². The Kier molecular flexibility index (Phi) is 4.92. The van der Waals surface area contributed by atoms with E-state index in [1.807, 2.05) is 19.1 Å². The summed E-state index contributed by atoms with van der Waals surface area (Å²) in [6.45, 7) is 6.01. The summed E-state index contributed by atoms with van der Waals surface area (Å²) in [4.78, 5) is 15.2. The zero-order chi connectivity index (χ0) is 14.5. The number of aliphatic hydroxyl groups excluding tert-OH is 1. The van der Waals surface area contributed by atoms with Crippen molar-refractivity contribution in [2.24, 2.45) is 0 Å². The molecule has 1 aromatic carbocycles. The third-order valence-electron chi connectivity index (χ3n) is 3.67. The van der Waals surface area contributed by atoms with Crippen LogP contribution in [0.25, 0.3) is 0 Å². The Hall–Kier alpha value is -1.66. The van der Waals surface area contributed by atoms with Crippen LogP contribution in [-0.2, 0) is 0 Å². The lowest BCUT2D eigenvalue weighted by Gasteiger charge is -2.23. The molecular formula is C14H21N3O3. The van der Waals surface area contributed by atoms with E-state index in [1.165, 1.54) is 0 Å². The van der Waals surface area contributed by atoms with Crippen molar-refractivity contribution in [3.8, 4) is 0 Å². The highest BCUT2D eigenvalue weighted by Crippen LogP contribution is 2.29. The molecule has 0 radical (unpaired) electrons. The summed E-state index contributed by atoms with van der Waals surface area (Å²) in [7, 11) is 0. The number of rotatable bonds is 4. The van der Waals surface area contributed by atoms with Crippen LogP contribution < -0.4 is 4.90 Å². The average Bonchev–Trinajstić information content (AvgIpc) is 2.65. The van der Waals surface area contributed by atoms with Gasteiger partial charge in [0, 0.05) is 32.2 Å². The van der Waals surface area contributed by atoms with E-state index in [0.717, 1.165) is 38.2 Å². The first-order valence-electron chi connectivity index (χ1n) is 6.95. The molecule has 2 rings (SSSR count). The topological polar surface area (TPSA) is 69.8 Å². The maximum atomic E-state index is 11.2. The van der Waals surface area contributed by atoms with E-state index in [-0.39, 0.29) is 17.2 Å². The minimum absolute atomic E-state index is 0.157. The molecule has 110 valence electrons. The van der Waals surface area contributed by atoms with E-state index < -0.39 is 0 Å². The maximum absolute atomic E-state index is 11.2. The smallest absolute Gasteiger partial charge is 0.292 e. The molecule has 0 aromatic heterocycles. The molecular weight excluding hydrogens is 258 g/mol. The van der Waals surface area contributed by atoms with Gasteiger partial charge in [-0.25, -0.2) is 0 Å². The fourth-order valence-corrected chi connectivity index (χ4v) is 2.62. The van der Waals surface area contributed by atoms with Crippen molar-refractivity contribution < 1.29 is 10.0 Å². The van der Waals surface area contributed by atoms with Crippen LogP contribution in [0.15, 0.2) is 18.2 Å². The molecule has 1 heterocycles. The summed E-state index contributed by atoms with van der Waals surface area (Å²) in [5.41, 5.74) is 1.78. The lowest BCUT2D eigenvalue weighted by Crippen LogP contribution is -2.32. The second-order valence-corrected chi connectivity index (χ2v) is 5.16. The van der Waals surface area contributed by atoms with Crippen LogP contribution in [0, 0.1) is 17.0 Å². The molecule has 1 saturated heterocycles. The molecule has 0 saturated carbocycles. The first-order valence-corrected chi connectivity index (χ1v) is 6.95. The van der Waals surface area contributed by atoms with E-state index in [2.05, 4.69) is 9.80 Å². The van der Waals surface area contributed by atoms with Crippen LogP contribution in [0.5, 0.6) is 0 Å².